The molecule has 4 rings (SSSR count). The van der Waals surface area contributed by atoms with E-state index in [0.29, 0.717) is 25.2 Å². The fourth-order valence-corrected chi connectivity index (χ4v) is 5.53. The molecule has 3 amide bonds. The first-order valence-corrected chi connectivity index (χ1v) is 14.2. The minimum absolute atomic E-state index is 0.151. The molecule has 2 aliphatic rings. The average Bonchev–Trinajstić information content (AvgIpc) is 3.36. The Morgan fingerprint density at radius 2 is 1.88 bits per heavy atom. The van der Waals surface area contributed by atoms with Crippen molar-refractivity contribution in [2.75, 3.05) is 25.6 Å². The maximum absolute atomic E-state index is 13.2. The van der Waals surface area contributed by atoms with Gasteiger partial charge in [0.05, 0.1) is 24.0 Å². The molecule has 0 spiro atoms. The van der Waals surface area contributed by atoms with Gasteiger partial charge < -0.3 is 35.5 Å². The first kappa shape index (κ1) is 29.7. The van der Waals surface area contributed by atoms with Crippen LogP contribution in [0.4, 0.5) is 11.4 Å². The third-order valence-electron chi connectivity index (χ3n) is 6.65. The number of rotatable bonds is 11. The molecule has 0 aromatic heterocycles. The van der Waals surface area contributed by atoms with Crippen LogP contribution < -0.4 is 26.0 Å². The van der Waals surface area contributed by atoms with Crippen molar-refractivity contribution >= 4 is 40.9 Å². The minimum atomic E-state index is -1.28. The lowest BCUT2D eigenvalue weighted by Crippen LogP contribution is -2.60. The van der Waals surface area contributed by atoms with E-state index in [-0.39, 0.29) is 24.5 Å². The third kappa shape index (κ3) is 7.47. The molecule has 1 fully saturated rings. The topological polar surface area (TPSA) is 127 Å². The van der Waals surface area contributed by atoms with Crippen LogP contribution in [0.25, 0.3) is 0 Å². The van der Waals surface area contributed by atoms with E-state index in [1.165, 1.54) is 7.11 Å². The maximum Gasteiger partial charge on any atom is 0.258 e. The van der Waals surface area contributed by atoms with Crippen LogP contribution in [-0.2, 0) is 23.9 Å². The van der Waals surface area contributed by atoms with E-state index >= 15 is 0 Å². The van der Waals surface area contributed by atoms with Crippen molar-refractivity contribution in [2.24, 2.45) is 5.92 Å². The molecule has 0 bridgehead atoms. The number of carbonyl (C=O) groups excluding carboxylic acids is 3. The second kappa shape index (κ2) is 12.9. The molecule has 216 valence electrons. The zero-order valence-corrected chi connectivity index (χ0v) is 24.4. The number of hydrogen-bond donors (Lipinski definition) is 4. The first-order chi connectivity index (χ1) is 19.1. The Morgan fingerprint density at radius 1 is 1.12 bits per heavy atom. The Kier molecular flexibility index (Phi) is 9.60. The number of amides is 3. The van der Waals surface area contributed by atoms with Gasteiger partial charge in [0, 0.05) is 23.0 Å². The summed E-state index contributed by atoms with van der Waals surface area (Å²) in [7, 11) is 1.53. The molecule has 2 heterocycles. The summed E-state index contributed by atoms with van der Waals surface area (Å²) in [5.41, 5.74) is 0.637. The summed E-state index contributed by atoms with van der Waals surface area (Å²) in [5.74, 6) is -0.560. The number of anilines is 2. The van der Waals surface area contributed by atoms with Gasteiger partial charge in [-0.15, -0.1) is 0 Å². The van der Waals surface area contributed by atoms with Crippen molar-refractivity contribution in [3.63, 3.8) is 0 Å². The number of ether oxygens (including phenoxy) is 3. The molecule has 4 N–H and O–H groups in total. The van der Waals surface area contributed by atoms with E-state index < -0.39 is 29.7 Å². The number of fused-ring (bicyclic) bond motifs is 2. The van der Waals surface area contributed by atoms with Crippen LogP contribution in [0.2, 0.25) is 0 Å². The van der Waals surface area contributed by atoms with E-state index in [0.717, 1.165) is 21.2 Å². The van der Waals surface area contributed by atoms with Crippen LogP contribution in [0.15, 0.2) is 52.3 Å². The van der Waals surface area contributed by atoms with Crippen molar-refractivity contribution in [2.45, 2.75) is 74.2 Å². The van der Waals surface area contributed by atoms with Gasteiger partial charge in [0.1, 0.15) is 17.3 Å². The lowest BCUT2D eigenvalue weighted by molar-refractivity contribution is -0.137. The fourth-order valence-electron chi connectivity index (χ4n) is 4.56. The molecule has 2 aromatic rings. The summed E-state index contributed by atoms with van der Waals surface area (Å²) < 4.78 is 16.5. The van der Waals surface area contributed by atoms with Crippen LogP contribution >= 0.6 is 11.8 Å². The van der Waals surface area contributed by atoms with Gasteiger partial charge in [-0.25, -0.2) is 0 Å². The highest BCUT2D eigenvalue weighted by atomic mass is 32.2. The summed E-state index contributed by atoms with van der Waals surface area (Å²) in [5, 5.41) is 11.9. The van der Waals surface area contributed by atoms with Crippen LogP contribution in [0.5, 0.6) is 5.75 Å². The summed E-state index contributed by atoms with van der Waals surface area (Å²) in [6.45, 7) is 7.35. The Bertz CT molecular complexity index is 1240. The molecule has 0 saturated carbocycles. The van der Waals surface area contributed by atoms with Crippen molar-refractivity contribution in [3.05, 3.63) is 42.5 Å². The van der Waals surface area contributed by atoms with Gasteiger partial charge in [0.25, 0.3) is 5.91 Å². The van der Waals surface area contributed by atoms with Crippen molar-refractivity contribution in [1.82, 2.24) is 16.0 Å². The molecule has 2 aromatic carbocycles. The molecule has 11 heteroatoms. The first-order valence-electron chi connectivity index (χ1n) is 13.4. The van der Waals surface area contributed by atoms with E-state index in [9.17, 15) is 14.4 Å². The second-order valence-corrected chi connectivity index (χ2v) is 12.0. The summed E-state index contributed by atoms with van der Waals surface area (Å²) >= 11 is 1.66. The Labute approximate surface area is 239 Å². The Morgan fingerprint density at radius 3 is 2.62 bits per heavy atom. The molecule has 0 aliphatic carbocycles. The number of nitrogens with one attached hydrogen (secondary N) is 4. The lowest BCUT2D eigenvalue weighted by Gasteiger charge is -2.29. The third-order valence-corrected chi connectivity index (χ3v) is 7.80. The van der Waals surface area contributed by atoms with E-state index in [2.05, 4.69) is 27.3 Å². The molecule has 1 saturated heterocycles. The monoisotopic (exact) mass is 570 g/mol. The molecule has 2 aliphatic heterocycles. The zero-order chi connectivity index (χ0) is 28.9. The van der Waals surface area contributed by atoms with Crippen LogP contribution in [0.3, 0.4) is 0 Å². The Balaban J connectivity index is 1.31. The van der Waals surface area contributed by atoms with Crippen molar-refractivity contribution < 1.29 is 28.6 Å². The molecular formula is C29H38N4O6S. The van der Waals surface area contributed by atoms with Crippen LogP contribution in [-0.4, -0.2) is 62.0 Å². The van der Waals surface area contributed by atoms with Gasteiger partial charge >= 0.3 is 0 Å². The quantitative estimate of drug-likeness (QED) is 0.276. The average molecular weight is 571 g/mol. The predicted octanol–water partition coefficient (Wildman–Crippen LogP) is 3.58. The van der Waals surface area contributed by atoms with Gasteiger partial charge in [-0.05, 0) is 56.9 Å². The molecule has 3 atom stereocenters. The van der Waals surface area contributed by atoms with Crippen molar-refractivity contribution in [1.29, 1.82) is 0 Å². The summed E-state index contributed by atoms with van der Waals surface area (Å²) in [6.07, 6.45) is 0.543. The number of methoxy groups -OCH3 is 1. The zero-order valence-electron chi connectivity index (χ0n) is 23.5. The molecule has 40 heavy (non-hydrogen) atoms. The molecule has 10 nitrogen and oxygen atoms in total. The molecular weight excluding hydrogens is 532 g/mol. The summed E-state index contributed by atoms with van der Waals surface area (Å²) in [6, 6.07) is 12.6. The van der Waals surface area contributed by atoms with Gasteiger partial charge in [0.2, 0.25) is 11.8 Å². The number of benzene rings is 2. The molecule has 1 unspecified atom stereocenters. The highest BCUT2D eigenvalue weighted by Gasteiger charge is 2.36. The minimum Gasteiger partial charge on any atom is -0.484 e. The normalized spacial score (nSPS) is 18.6. The SMILES string of the molecule is COC1OCC[C@@H]1NC(=O)[C@H](CC(C)C)NC(=O)C(C)(C)NC(=O)COc1ccc2c(c1)Nc1ccccc1S2. The number of carbonyl (C=O) groups is 3. The lowest BCUT2D eigenvalue weighted by atomic mass is 9.99. The maximum atomic E-state index is 13.2. The van der Waals surface area contributed by atoms with E-state index in [1.54, 1.807) is 25.6 Å². The highest BCUT2D eigenvalue weighted by Crippen LogP contribution is 2.45. The second-order valence-electron chi connectivity index (χ2n) is 10.9. The molecule has 0 radical (unpaired) electrons. The predicted molar refractivity (Wildman–Crippen MR) is 153 cm³/mol. The van der Waals surface area contributed by atoms with E-state index in [4.69, 9.17) is 14.2 Å². The Hall–Kier alpha value is -3.28. The highest BCUT2D eigenvalue weighted by molar-refractivity contribution is 7.99. The fraction of sp³-hybridized carbons (Fsp3) is 0.483. The van der Waals surface area contributed by atoms with E-state index in [1.807, 2.05) is 50.2 Å². The van der Waals surface area contributed by atoms with Crippen molar-refractivity contribution in [3.8, 4) is 5.75 Å². The summed E-state index contributed by atoms with van der Waals surface area (Å²) in [4.78, 5) is 41.2. The van der Waals surface area contributed by atoms with Crippen LogP contribution in [0, 0.1) is 5.92 Å². The van der Waals surface area contributed by atoms with Crippen LogP contribution in [0.1, 0.15) is 40.5 Å². The largest absolute Gasteiger partial charge is 0.484 e. The van der Waals surface area contributed by atoms with Gasteiger partial charge in [0.15, 0.2) is 12.9 Å². The smallest absolute Gasteiger partial charge is 0.258 e. The van der Waals surface area contributed by atoms with Gasteiger partial charge in [-0.2, -0.15) is 0 Å². The number of hydrogen-bond acceptors (Lipinski definition) is 8. The number of para-hydroxylation sites is 1. The van der Waals surface area contributed by atoms with Gasteiger partial charge in [-0.3, -0.25) is 14.4 Å². The standard InChI is InChI=1S/C29H38N4O6S/c1-17(2)14-22(26(35)31-20-12-13-38-27(20)37-5)32-28(36)29(3,4)33-25(34)16-39-18-10-11-24-21(15-18)30-19-8-6-7-9-23(19)40-24/h6-11,15,17,20,22,27,30H,12-14,16H2,1-5H3,(H,31,35)(H,32,36)(H,33,34)/t20-,22-,27?/m0/s1. The van der Waals surface area contributed by atoms with Gasteiger partial charge in [-0.1, -0.05) is 37.7 Å².